The largest absolute Gasteiger partial charge is 0.208 e. The average molecular weight is 733 g/mol. The van der Waals surface area contributed by atoms with Crippen LogP contribution >= 0.6 is 11.3 Å². The Morgan fingerprint density at radius 2 is 0.911 bits per heavy atom. The van der Waals surface area contributed by atoms with Crippen molar-refractivity contribution in [1.82, 2.24) is 15.0 Å². The van der Waals surface area contributed by atoms with E-state index in [0.29, 0.717) is 23.5 Å². The minimum Gasteiger partial charge on any atom is -0.208 e. The standard InChI is InChI=1S/C52H33N3S/c1-4-16-35(17-5-1)49-53-50(36-32-30-34(31-33-36)39-24-14-25-41-40-22-11-13-29-46(40)56-48(39)41)55-51(54-49)43-26-15-28-45-47(43)42-23-10-12-27-44(42)52(45,37-18-6-2-7-19-37)38-20-8-3-9-21-38/h1-33H/i29D. The Kier molecular flexibility index (Phi) is 7.33. The lowest BCUT2D eigenvalue weighted by Crippen LogP contribution is -2.28. The molecule has 3 nitrogen and oxygen atoms in total. The number of nitrogens with zero attached hydrogens (tertiary/aromatic N) is 3. The molecule has 10 aromatic rings. The summed E-state index contributed by atoms with van der Waals surface area (Å²) < 4.78 is 10.7. The quantitative estimate of drug-likeness (QED) is 0.171. The Hall–Kier alpha value is -7.01. The van der Waals surface area contributed by atoms with Gasteiger partial charge in [-0.3, -0.25) is 0 Å². The third-order valence-corrected chi connectivity index (χ3v) is 12.4. The van der Waals surface area contributed by atoms with E-state index in [1.54, 1.807) is 11.3 Å². The fraction of sp³-hybridized carbons (Fsp3) is 0.0192. The molecule has 0 saturated heterocycles. The summed E-state index contributed by atoms with van der Waals surface area (Å²) in [5, 5.41) is 2.31. The van der Waals surface area contributed by atoms with Gasteiger partial charge in [0.2, 0.25) is 0 Å². The maximum atomic E-state index is 8.52. The Labute approximate surface area is 330 Å². The van der Waals surface area contributed by atoms with Crippen LogP contribution in [0.5, 0.6) is 0 Å². The highest BCUT2D eigenvalue weighted by molar-refractivity contribution is 7.26. The van der Waals surface area contributed by atoms with Gasteiger partial charge in [0.25, 0.3) is 0 Å². The van der Waals surface area contributed by atoms with Gasteiger partial charge in [-0.25, -0.2) is 15.0 Å². The van der Waals surface area contributed by atoms with Crippen molar-refractivity contribution in [2.24, 2.45) is 0 Å². The van der Waals surface area contributed by atoms with Crippen molar-refractivity contribution in [3.05, 3.63) is 222 Å². The van der Waals surface area contributed by atoms with Crippen LogP contribution in [0.2, 0.25) is 0 Å². The number of rotatable bonds is 6. The maximum Gasteiger partial charge on any atom is 0.164 e. The maximum absolute atomic E-state index is 8.52. The molecule has 0 saturated carbocycles. The van der Waals surface area contributed by atoms with Crippen LogP contribution in [-0.4, -0.2) is 15.0 Å². The Morgan fingerprint density at radius 1 is 0.393 bits per heavy atom. The van der Waals surface area contributed by atoms with Crippen LogP contribution in [0, 0.1) is 0 Å². The first-order chi connectivity index (χ1) is 28.2. The fourth-order valence-corrected chi connectivity index (χ4v) is 9.93. The lowest BCUT2D eigenvalue weighted by Gasteiger charge is -2.33. The lowest BCUT2D eigenvalue weighted by molar-refractivity contribution is 0.768. The molecule has 0 radical (unpaired) electrons. The van der Waals surface area contributed by atoms with E-state index in [1.165, 1.54) is 37.9 Å². The van der Waals surface area contributed by atoms with E-state index >= 15 is 0 Å². The van der Waals surface area contributed by atoms with E-state index in [-0.39, 0.29) is 0 Å². The molecule has 56 heavy (non-hydrogen) atoms. The number of hydrogen-bond acceptors (Lipinski definition) is 4. The van der Waals surface area contributed by atoms with Crippen molar-refractivity contribution < 1.29 is 1.37 Å². The fourth-order valence-electron chi connectivity index (χ4n) is 8.73. The second kappa shape index (κ2) is 13.1. The van der Waals surface area contributed by atoms with Crippen molar-refractivity contribution in [3.63, 3.8) is 0 Å². The first-order valence-corrected chi connectivity index (χ1v) is 19.7. The van der Waals surface area contributed by atoms with E-state index in [1.807, 2.05) is 30.3 Å². The number of benzene rings is 8. The zero-order valence-electron chi connectivity index (χ0n) is 31.2. The third kappa shape index (κ3) is 5.00. The second-order valence-electron chi connectivity index (χ2n) is 14.2. The van der Waals surface area contributed by atoms with Gasteiger partial charge in [0.05, 0.1) is 6.79 Å². The zero-order valence-corrected chi connectivity index (χ0v) is 31.0. The van der Waals surface area contributed by atoms with E-state index in [4.69, 9.17) is 16.3 Å². The van der Waals surface area contributed by atoms with Crippen LogP contribution in [0.4, 0.5) is 0 Å². The molecule has 0 atom stereocenters. The summed E-state index contributed by atoms with van der Waals surface area (Å²) >= 11 is 1.69. The molecular weight excluding hydrogens is 699 g/mol. The van der Waals surface area contributed by atoms with Gasteiger partial charge >= 0.3 is 0 Å². The molecule has 2 heterocycles. The average Bonchev–Trinajstić information content (AvgIpc) is 3.83. The predicted octanol–water partition coefficient (Wildman–Crippen LogP) is 13.3. The summed E-state index contributed by atoms with van der Waals surface area (Å²) in [6, 6.07) is 68.8. The van der Waals surface area contributed by atoms with Gasteiger partial charge in [-0.05, 0) is 50.6 Å². The number of hydrogen-bond donors (Lipinski definition) is 0. The van der Waals surface area contributed by atoms with E-state index in [9.17, 15) is 0 Å². The van der Waals surface area contributed by atoms with Gasteiger partial charge in [0.15, 0.2) is 17.5 Å². The molecule has 11 rings (SSSR count). The molecule has 262 valence electrons. The minimum absolute atomic E-state index is 0.530. The Morgan fingerprint density at radius 3 is 1.64 bits per heavy atom. The summed E-state index contributed by atoms with van der Waals surface area (Å²) in [6.07, 6.45) is 0. The predicted molar refractivity (Wildman–Crippen MR) is 232 cm³/mol. The molecule has 0 bridgehead atoms. The normalized spacial score (nSPS) is 13.0. The van der Waals surface area contributed by atoms with Crippen molar-refractivity contribution in [2.45, 2.75) is 5.41 Å². The first kappa shape index (κ1) is 31.4. The van der Waals surface area contributed by atoms with Crippen molar-refractivity contribution >= 4 is 31.5 Å². The van der Waals surface area contributed by atoms with Gasteiger partial charge in [-0.2, -0.15) is 0 Å². The van der Waals surface area contributed by atoms with Crippen LogP contribution in [-0.2, 0) is 5.41 Å². The van der Waals surface area contributed by atoms with Crippen LogP contribution in [0.25, 0.3) is 76.6 Å². The van der Waals surface area contributed by atoms with Crippen molar-refractivity contribution in [1.29, 1.82) is 0 Å². The van der Waals surface area contributed by atoms with E-state index in [2.05, 4.69) is 164 Å². The number of fused-ring (bicyclic) bond motifs is 6. The molecule has 0 fully saturated rings. The topological polar surface area (TPSA) is 38.7 Å². The van der Waals surface area contributed by atoms with Gasteiger partial charge in [0.1, 0.15) is 0 Å². The molecule has 0 unspecified atom stereocenters. The van der Waals surface area contributed by atoms with Crippen LogP contribution in [0.3, 0.4) is 0 Å². The second-order valence-corrected chi connectivity index (χ2v) is 15.2. The van der Waals surface area contributed by atoms with E-state index < -0.39 is 5.41 Å². The smallest absolute Gasteiger partial charge is 0.164 e. The minimum atomic E-state index is -0.530. The first-order valence-electron chi connectivity index (χ1n) is 19.4. The number of aromatic nitrogens is 3. The molecule has 0 amide bonds. The lowest BCUT2D eigenvalue weighted by atomic mass is 9.67. The molecule has 8 aromatic carbocycles. The Bertz CT molecular complexity index is 3080. The highest BCUT2D eigenvalue weighted by Crippen LogP contribution is 2.58. The highest BCUT2D eigenvalue weighted by Gasteiger charge is 2.47. The molecule has 1 aliphatic carbocycles. The molecule has 4 heteroatoms. The molecule has 0 N–H and O–H groups in total. The van der Waals surface area contributed by atoms with Gasteiger partial charge in [-0.15, -0.1) is 11.3 Å². The molecule has 0 spiro atoms. The molecule has 0 aliphatic heterocycles. The summed E-state index contributed by atoms with van der Waals surface area (Å²) in [7, 11) is 0. The van der Waals surface area contributed by atoms with Crippen LogP contribution in [0.15, 0.2) is 200 Å². The van der Waals surface area contributed by atoms with Gasteiger partial charge in [-0.1, -0.05) is 194 Å². The SMILES string of the molecule is [2H]c1cccc2c1sc1c(-c3ccc(-c4nc(-c5ccccc5)nc(-c5cccc6c5-c5ccccc5C6(c5ccccc5)c5ccccc5)n4)cc3)cccc12. The van der Waals surface area contributed by atoms with Crippen molar-refractivity contribution in [2.75, 3.05) is 0 Å². The third-order valence-electron chi connectivity index (χ3n) is 11.2. The van der Waals surface area contributed by atoms with Crippen LogP contribution < -0.4 is 0 Å². The van der Waals surface area contributed by atoms with Crippen molar-refractivity contribution in [3.8, 4) is 56.4 Å². The summed E-state index contributed by atoms with van der Waals surface area (Å²) in [5.41, 5.74) is 11.7. The molecule has 2 aromatic heterocycles. The van der Waals surface area contributed by atoms with Crippen LogP contribution in [0.1, 0.15) is 23.6 Å². The highest BCUT2D eigenvalue weighted by atomic mass is 32.1. The monoisotopic (exact) mass is 732 g/mol. The van der Waals surface area contributed by atoms with E-state index in [0.717, 1.165) is 43.5 Å². The summed E-state index contributed by atoms with van der Waals surface area (Å²) in [6.45, 7) is 0. The van der Waals surface area contributed by atoms with Gasteiger partial charge < -0.3 is 0 Å². The zero-order chi connectivity index (χ0) is 37.9. The summed E-state index contributed by atoms with van der Waals surface area (Å²) in [4.78, 5) is 15.6. The summed E-state index contributed by atoms with van der Waals surface area (Å²) in [5.74, 6) is 1.88. The van der Waals surface area contributed by atoms with Gasteiger partial charge in [0, 0.05) is 36.9 Å². The number of thiophene rings is 1. The molecule has 1 aliphatic rings. The Balaban J connectivity index is 1.10. The molecular formula is C52H33N3S.